The van der Waals surface area contributed by atoms with Crippen LogP contribution in [0.4, 0.5) is 5.69 Å². The maximum Gasteiger partial charge on any atom is 0.311 e. The van der Waals surface area contributed by atoms with Gasteiger partial charge in [-0.3, -0.25) is 19.6 Å². The highest BCUT2D eigenvalue weighted by molar-refractivity contribution is 5.88. The van der Waals surface area contributed by atoms with Crippen molar-refractivity contribution in [1.82, 2.24) is 19.9 Å². The Bertz CT molecular complexity index is 1880. The van der Waals surface area contributed by atoms with Crippen molar-refractivity contribution >= 4 is 17.4 Å². The molecule has 1 aliphatic carbocycles. The van der Waals surface area contributed by atoms with Gasteiger partial charge in [0.2, 0.25) is 0 Å². The molecule has 5 rings (SSSR count). The number of methoxy groups -OCH3 is 1. The molecule has 2 aromatic rings. The number of nitro groups is 1. The van der Waals surface area contributed by atoms with Gasteiger partial charge in [-0.2, -0.15) is 0 Å². The second kappa shape index (κ2) is 23.6. The molecule has 1 aromatic heterocycles. The molecule has 0 spiro atoms. The molecule has 3 fully saturated rings. The first kappa shape index (κ1) is 53.3. The zero-order chi connectivity index (χ0) is 48.5. The monoisotopic (exact) mass is 931 g/mol. The summed E-state index contributed by atoms with van der Waals surface area (Å²) in [7, 11) is 3.50. The molecule has 0 unspecified atom stereocenters. The van der Waals surface area contributed by atoms with Crippen LogP contribution >= 0.6 is 0 Å². The highest BCUT2D eigenvalue weighted by Gasteiger charge is 2.52. The number of rotatable bonds is 16. The molecule has 0 radical (unpaired) electrons. The maximum absolute atomic E-state index is 13.8. The minimum atomic E-state index is -1.87. The van der Waals surface area contributed by atoms with Crippen molar-refractivity contribution in [1.29, 1.82) is 0 Å². The molecule has 18 heteroatoms. The van der Waals surface area contributed by atoms with Gasteiger partial charge in [0.1, 0.15) is 23.9 Å². The molecule has 3 heterocycles. The number of carbonyl (C=O) groups is 1. The molecule has 0 amide bonds. The summed E-state index contributed by atoms with van der Waals surface area (Å²) < 4.78 is 27.3. The summed E-state index contributed by atoms with van der Waals surface area (Å²) in [6, 6.07) is 6.27. The van der Waals surface area contributed by atoms with Gasteiger partial charge in [0.15, 0.2) is 6.29 Å². The summed E-state index contributed by atoms with van der Waals surface area (Å²) in [6.45, 7) is 15.3. The van der Waals surface area contributed by atoms with E-state index in [1.807, 2.05) is 38.7 Å². The van der Waals surface area contributed by atoms with Crippen LogP contribution in [0.1, 0.15) is 124 Å². The molecule has 0 bridgehead atoms. The first-order chi connectivity index (χ1) is 31.2. The molecule has 3 aliphatic rings. The Kier molecular flexibility index (Phi) is 19.1. The molecular weight excluding hydrogens is 853 g/mol. The van der Waals surface area contributed by atoms with Crippen LogP contribution in [0.15, 0.2) is 35.6 Å². The average molecular weight is 931 g/mol. The summed E-state index contributed by atoms with van der Waals surface area (Å²) in [6.07, 6.45) is 2.43. The van der Waals surface area contributed by atoms with Crippen molar-refractivity contribution in [2.75, 3.05) is 20.7 Å². The van der Waals surface area contributed by atoms with Crippen molar-refractivity contribution in [3.05, 3.63) is 51.8 Å². The predicted molar refractivity (Wildman–Crippen MR) is 246 cm³/mol. The van der Waals surface area contributed by atoms with Gasteiger partial charge >= 0.3 is 5.97 Å². The fourth-order valence-corrected chi connectivity index (χ4v) is 10.2. The Hall–Kier alpha value is -3.62. The fraction of sp³-hybridized carbons (Fsp3) is 0.792. The van der Waals surface area contributed by atoms with E-state index in [0.717, 1.165) is 56.2 Å². The number of unbranched alkanes of at least 4 members (excludes halogenated alkanes) is 1. The lowest BCUT2D eigenvalue weighted by molar-refractivity contribution is -0.384. The molecule has 66 heavy (non-hydrogen) atoms. The van der Waals surface area contributed by atoms with Gasteiger partial charge in [-0.15, -0.1) is 5.10 Å². The number of carbonyl (C=O) groups excluding carboxylic acids is 1. The standard InChI is InChI=1S/C48H78N6O12/c1-11-39-48(8,59)43(57)31(4)40(50-66-37-17-12-13-18-37)29(2)27-47(7,62-10)44(32(5)41(55)33(6)45(58)64-39)65-46-42(56)38(26-30(3)63-46)52(9)25-23-35-28-53(51-49-35)24-15-14-16-34-19-21-36(22-20-34)54(60)61/h19-22,28-33,37-39,41-44,46,55-57,59H,11-18,23-27H2,1-10H3/b50-40+/t29-,30-,31+,32+,33-,38+,39-,41+,42-,43-,44-,46+,47-,48-/m1/s1. The number of benzene rings is 1. The number of aromatic nitrogens is 3. The van der Waals surface area contributed by atoms with E-state index in [0.29, 0.717) is 31.6 Å². The molecule has 14 atom stereocenters. The third-order valence-corrected chi connectivity index (χ3v) is 14.6. The summed E-state index contributed by atoms with van der Waals surface area (Å²) >= 11 is 0. The Morgan fingerprint density at radius 1 is 1.02 bits per heavy atom. The average Bonchev–Trinajstić information content (AvgIpc) is 4.00. The van der Waals surface area contributed by atoms with Crippen LogP contribution in [0.5, 0.6) is 0 Å². The topological polar surface area (TPSA) is 234 Å². The van der Waals surface area contributed by atoms with Gasteiger partial charge in [0, 0.05) is 68.7 Å². The number of likely N-dealkylation sites (N-methyl/N-ethyl adjacent to an activating group) is 1. The van der Waals surface area contributed by atoms with Crippen LogP contribution in [0.3, 0.4) is 0 Å². The molecule has 1 aromatic carbocycles. The maximum atomic E-state index is 13.8. The number of non-ortho nitro benzene ring substituents is 1. The van der Waals surface area contributed by atoms with E-state index < -0.39 is 82.6 Å². The van der Waals surface area contributed by atoms with E-state index in [2.05, 4.69) is 20.4 Å². The molecule has 4 N–H and O–H groups in total. The molecule has 1 saturated carbocycles. The van der Waals surface area contributed by atoms with Crippen LogP contribution in [0.2, 0.25) is 0 Å². The third-order valence-electron chi connectivity index (χ3n) is 14.6. The highest BCUT2D eigenvalue weighted by atomic mass is 16.7. The van der Waals surface area contributed by atoms with E-state index in [4.69, 9.17) is 23.8 Å². The lowest BCUT2D eigenvalue weighted by atomic mass is 9.73. The second-order valence-electron chi connectivity index (χ2n) is 19.8. The molecule has 372 valence electrons. The number of aryl methyl sites for hydroxylation is 2. The lowest BCUT2D eigenvalue weighted by Crippen LogP contribution is -2.60. The minimum Gasteiger partial charge on any atom is -0.459 e. The Morgan fingerprint density at radius 3 is 2.33 bits per heavy atom. The zero-order valence-electron chi connectivity index (χ0n) is 40.8. The first-order valence-electron chi connectivity index (χ1n) is 24.1. The summed E-state index contributed by atoms with van der Waals surface area (Å²) in [5.41, 5.74) is -0.624. The number of aliphatic hydroxyl groups excluding tert-OH is 3. The van der Waals surface area contributed by atoms with E-state index in [9.17, 15) is 35.3 Å². The number of ether oxygens (including phenoxy) is 4. The number of aliphatic hydroxyl groups is 4. The number of hydrogen-bond acceptors (Lipinski definition) is 16. The van der Waals surface area contributed by atoms with E-state index in [1.165, 1.54) is 19.1 Å². The second-order valence-corrected chi connectivity index (χ2v) is 19.8. The van der Waals surface area contributed by atoms with Crippen molar-refractivity contribution in [3.8, 4) is 0 Å². The number of hydrogen-bond donors (Lipinski definition) is 4. The van der Waals surface area contributed by atoms with Crippen LogP contribution in [-0.4, -0.2) is 144 Å². The van der Waals surface area contributed by atoms with Gasteiger partial charge in [-0.1, -0.05) is 50.2 Å². The minimum absolute atomic E-state index is 0.0696. The van der Waals surface area contributed by atoms with Gasteiger partial charge in [0.05, 0.1) is 52.3 Å². The summed E-state index contributed by atoms with van der Waals surface area (Å²) in [4.78, 5) is 32.5. The smallest absolute Gasteiger partial charge is 0.311 e. The van der Waals surface area contributed by atoms with Crippen molar-refractivity contribution < 1.29 is 53.9 Å². The molecule has 2 saturated heterocycles. The van der Waals surface area contributed by atoms with Gasteiger partial charge < -0.3 is 49.1 Å². The van der Waals surface area contributed by atoms with Crippen molar-refractivity contribution in [3.63, 3.8) is 0 Å². The summed E-state index contributed by atoms with van der Waals surface area (Å²) in [5.74, 6) is -3.74. The van der Waals surface area contributed by atoms with Crippen LogP contribution in [0, 0.1) is 33.8 Å². The predicted octanol–water partition coefficient (Wildman–Crippen LogP) is 5.40. The number of cyclic esters (lactones) is 1. The van der Waals surface area contributed by atoms with E-state index >= 15 is 0 Å². The van der Waals surface area contributed by atoms with Crippen LogP contribution < -0.4 is 0 Å². The Balaban J connectivity index is 1.32. The highest BCUT2D eigenvalue weighted by Crippen LogP contribution is 2.40. The van der Waals surface area contributed by atoms with Gasteiger partial charge in [0.25, 0.3) is 5.69 Å². The molecule has 2 aliphatic heterocycles. The fourth-order valence-electron chi connectivity index (χ4n) is 10.2. The third kappa shape index (κ3) is 13.1. The summed E-state index contributed by atoms with van der Waals surface area (Å²) in [5, 5.41) is 72.1. The van der Waals surface area contributed by atoms with E-state index in [1.54, 1.807) is 46.9 Å². The number of nitro benzene ring substituents is 1. The van der Waals surface area contributed by atoms with Crippen molar-refractivity contribution in [2.45, 2.75) is 199 Å². The Morgan fingerprint density at radius 2 is 1.70 bits per heavy atom. The normalized spacial score (nSPS) is 36.0. The SMILES string of the molecule is CC[C@H]1OC(=O)[C@H](C)[C@@H](O)[C@H](C)[C@@H](O[C@@H]2O[C@H](C)C[C@H](N(C)CCc3cn(CCCCc4ccc([N+](=O)[O-])cc4)nn3)[C@H]2O)[C@](C)(OC)C[C@@H](C)/C(=N\OC2CCCC2)[C@H](C)[C@@H](O)[C@]1(C)O. The number of oxime groups is 1. The first-order valence-corrected chi connectivity index (χ1v) is 24.1. The lowest BCUT2D eigenvalue weighted by Gasteiger charge is -2.48. The van der Waals surface area contributed by atoms with Crippen LogP contribution in [0.25, 0.3) is 0 Å². The largest absolute Gasteiger partial charge is 0.459 e. The quantitative estimate of drug-likeness (QED) is 0.0715. The van der Waals surface area contributed by atoms with Crippen molar-refractivity contribution in [2.24, 2.45) is 28.8 Å². The molecular formula is C48H78N6O12. The van der Waals surface area contributed by atoms with Crippen LogP contribution in [-0.2, 0) is 48.0 Å². The van der Waals surface area contributed by atoms with Gasteiger partial charge in [-0.05, 0) is 105 Å². The zero-order valence-corrected chi connectivity index (χ0v) is 40.8. The Labute approximate surface area is 390 Å². The van der Waals surface area contributed by atoms with Gasteiger partial charge in [-0.25, -0.2) is 0 Å². The van der Waals surface area contributed by atoms with E-state index in [-0.39, 0.29) is 36.8 Å². The number of esters is 1. The number of nitrogens with zero attached hydrogens (tertiary/aromatic N) is 6. The molecule has 18 nitrogen and oxygen atoms in total.